The fourth-order valence-electron chi connectivity index (χ4n) is 4.24. The summed E-state index contributed by atoms with van der Waals surface area (Å²) in [4.78, 5) is 14.3. The molecule has 5 rings (SSSR count). The van der Waals surface area contributed by atoms with Crippen molar-refractivity contribution in [3.63, 3.8) is 0 Å². The zero-order valence-corrected chi connectivity index (χ0v) is 19.8. The number of nitrogens with one attached hydrogen (secondary N) is 2. The lowest BCUT2D eigenvalue weighted by molar-refractivity contribution is 0.153. The number of benzene rings is 2. The van der Waals surface area contributed by atoms with Gasteiger partial charge in [-0.2, -0.15) is 0 Å². The van der Waals surface area contributed by atoms with Crippen LogP contribution in [0, 0.1) is 0 Å². The molecule has 2 aliphatic heterocycles. The molecule has 0 aliphatic carbocycles. The van der Waals surface area contributed by atoms with Crippen molar-refractivity contribution in [2.24, 2.45) is 10.7 Å². The van der Waals surface area contributed by atoms with Gasteiger partial charge in [-0.25, -0.2) is 9.98 Å². The molecule has 172 valence electrons. The standard InChI is InChI=1S/C25H31N7S/c1-31-14-16-32(17-15-31)13-5-11-27-23-10-12-28-25(26,30-23)20-7-4-6-19(18-20)24-29-21-8-2-3-9-22(21)33-24/h2-4,6-10,12,18,27,30H,5,11,13-17,26H2,1H3. The van der Waals surface area contributed by atoms with Gasteiger partial charge >= 0.3 is 0 Å². The second-order valence-electron chi connectivity index (χ2n) is 8.74. The third kappa shape index (κ3) is 5.09. The maximum atomic E-state index is 6.71. The molecule has 1 fully saturated rings. The van der Waals surface area contributed by atoms with Gasteiger partial charge in [0.25, 0.3) is 0 Å². The zero-order chi connectivity index (χ0) is 22.7. The van der Waals surface area contributed by atoms with Gasteiger partial charge in [-0.15, -0.1) is 11.3 Å². The van der Waals surface area contributed by atoms with Gasteiger partial charge in [0.15, 0.2) is 0 Å². The van der Waals surface area contributed by atoms with Crippen molar-refractivity contribution in [1.82, 2.24) is 25.4 Å². The molecule has 4 N–H and O–H groups in total. The third-order valence-electron chi connectivity index (χ3n) is 6.25. The van der Waals surface area contributed by atoms with Crippen LogP contribution < -0.4 is 16.4 Å². The van der Waals surface area contributed by atoms with E-state index in [-0.39, 0.29) is 0 Å². The smallest absolute Gasteiger partial charge is 0.210 e. The first-order valence-corrected chi connectivity index (χ1v) is 12.3. The van der Waals surface area contributed by atoms with E-state index in [2.05, 4.69) is 50.7 Å². The van der Waals surface area contributed by atoms with E-state index in [0.717, 1.165) is 73.2 Å². The summed E-state index contributed by atoms with van der Waals surface area (Å²) in [7, 11) is 2.19. The average Bonchev–Trinajstić information content (AvgIpc) is 3.28. The first-order chi connectivity index (χ1) is 16.1. The van der Waals surface area contributed by atoms with Gasteiger partial charge in [-0.3, -0.25) is 5.73 Å². The number of nitrogens with two attached hydrogens (primary N) is 1. The summed E-state index contributed by atoms with van der Waals surface area (Å²) in [5.74, 6) is -0.113. The van der Waals surface area contributed by atoms with Crippen LogP contribution >= 0.6 is 11.3 Å². The molecule has 0 saturated carbocycles. The highest BCUT2D eigenvalue weighted by Gasteiger charge is 2.29. The molecule has 0 bridgehead atoms. The van der Waals surface area contributed by atoms with Gasteiger partial charge < -0.3 is 20.4 Å². The molecular formula is C25H31N7S. The number of hydrogen-bond acceptors (Lipinski definition) is 8. The van der Waals surface area contributed by atoms with Crippen LogP contribution in [0.3, 0.4) is 0 Å². The number of thiazole rings is 1. The lowest BCUT2D eigenvalue weighted by Crippen LogP contribution is -2.52. The lowest BCUT2D eigenvalue weighted by Gasteiger charge is -2.33. The fraction of sp³-hybridized carbons (Fsp3) is 0.360. The van der Waals surface area contributed by atoms with Crippen molar-refractivity contribution in [3.05, 3.63) is 66.0 Å². The fourth-order valence-corrected chi connectivity index (χ4v) is 5.20. The number of likely N-dealkylation sites (N-methyl/N-ethyl adjacent to an activating group) is 1. The van der Waals surface area contributed by atoms with Crippen LogP contribution in [0.15, 0.2) is 65.4 Å². The molecule has 2 aliphatic rings. The van der Waals surface area contributed by atoms with Crippen LogP contribution in [-0.4, -0.2) is 67.3 Å². The van der Waals surface area contributed by atoms with E-state index >= 15 is 0 Å². The van der Waals surface area contributed by atoms with E-state index < -0.39 is 5.79 Å². The Morgan fingerprint density at radius 2 is 1.97 bits per heavy atom. The summed E-state index contributed by atoms with van der Waals surface area (Å²) in [5, 5.41) is 7.86. The Morgan fingerprint density at radius 1 is 1.12 bits per heavy atom. The largest absolute Gasteiger partial charge is 0.372 e. The molecule has 1 unspecified atom stereocenters. The highest BCUT2D eigenvalue weighted by atomic mass is 32.1. The van der Waals surface area contributed by atoms with Crippen LogP contribution in [0.1, 0.15) is 12.0 Å². The Labute approximate surface area is 199 Å². The minimum absolute atomic E-state index is 0.890. The van der Waals surface area contributed by atoms with Gasteiger partial charge in [-0.05, 0) is 44.3 Å². The molecule has 0 spiro atoms. The van der Waals surface area contributed by atoms with Crippen molar-refractivity contribution in [2.75, 3.05) is 46.3 Å². The second-order valence-corrected chi connectivity index (χ2v) is 9.77. The quantitative estimate of drug-likeness (QED) is 0.470. The summed E-state index contributed by atoms with van der Waals surface area (Å²) in [6.45, 7) is 6.62. The van der Waals surface area contributed by atoms with Gasteiger partial charge in [-0.1, -0.05) is 30.3 Å². The number of aromatic nitrogens is 1. The van der Waals surface area contributed by atoms with Gasteiger partial charge in [0.2, 0.25) is 5.79 Å². The number of hydrogen-bond donors (Lipinski definition) is 3. The number of allylic oxidation sites excluding steroid dienone is 1. The van der Waals surface area contributed by atoms with Crippen LogP contribution in [0.25, 0.3) is 20.8 Å². The second kappa shape index (κ2) is 9.61. The van der Waals surface area contributed by atoms with Crippen LogP contribution in [0.5, 0.6) is 0 Å². The topological polar surface area (TPSA) is 81.8 Å². The molecule has 8 heteroatoms. The van der Waals surface area contributed by atoms with Crippen molar-refractivity contribution >= 4 is 27.8 Å². The van der Waals surface area contributed by atoms with Crippen LogP contribution in [0.2, 0.25) is 0 Å². The van der Waals surface area contributed by atoms with Gasteiger partial charge in [0, 0.05) is 50.1 Å². The van der Waals surface area contributed by atoms with Crippen LogP contribution in [0.4, 0.5) is 0 Å². The number of aliphatic imine (C=N–C) groups is 1. The minimum Gasteiger partial charge on any atom is -0.372 e. The maximum absolute atomic E-state index is 6.71. The van der Waals surface area contributed by atoms with Gasteiger partial charge in [0.1, 0.15) is 10.8 Å². The number of para-hydroxylation sites is 1. The summed E-state index contributed by atoms with van der Waals surface area (Å²) in [6, 6.07) is 16.4. The van der Waals surface area contributed by atoms with E-state index in [4.69, 9.17) is 10.7 Å². The average molecular weight is 462 g/mol. The Hall–Kier alpha value is -2.78. The minimum atomic E-state index is -1.01. The normalized spacial score (nSPS) is 21.7. The number of rotatable bonds is 7. The zero-order valence-electron chi connectivity index (χ0n) is 19.0. The molecule has 2 aromatic carbocycles. The number of piperazine rings is 1. The first-order valence-electron chi connectivity index (χ1n) is 11.5. The van der Waals surface area contributed by atoms with Crippen LogP contribution in [-0.2, 0) is 5.79 Å². The van der Waals surface area contributed by atoms with Crippen molar-refractivity contribution in [2.45, 2.75) is 12.2 Å². The maximum Gasteiger partial charge on any atom is 0.210 e. The number of fused-ring (bicyclic) bond motifs is 1. The van der Waals surface area contributed by atoms with E-state index in [1.807, 2.05) is 36.4 Å². The van der Waals surface area contributed by atoms with Crippen molar-refractivity contribution in [3.8, 4) is 10.6 Å². The van der Waals surface area contributed by atoms with E-state index in [9.17, 15) is 0 Å². The Morgan fingerprint density at radius 3 is 2.82 bits per heavy atom. The molecule has 33 heavy (non-hydrogen) atoms. The molecule has 3 heterocycles. The van der Waals surface area contributed by atoms with E-state index in [1.54, 1.807) is 17.6 Å². The Kier molecular flexibility index (Phi) is 6.41. The summed E-state index contributed by atoms with van der Waals surface area (Å²) in [5.41, 5.74) is 9.68. The summed E-state index contributed by atoms with van der Waals surface area (Å²) >= 11 is 1.69. The summed E-state index contributed by atoms with van der Waals surface area (Å²) < 4.78 is 1.18. The van der Waals surface area contributed by atoms with E-state index in [1.165, 1.54) is 4.70 Å². The first kappa shape index (κ1) is 22.0. The predicted octanol–water partition coefficient (Wildman–Crippen LogP) is 2.77. The van der Waals surface area contributed by atoms with E-state index in [0.29, 0.717) is 0 Å². The molecular weight excluding hydrogens is 430 g/mol. The van der Waals surface area contributed by atoms with Crippen molar-refractivity contribution < 1.29 is 0 Å². The highest BCUT2D eigenvalue weighted by molar-refractivity contribution is 7.21. The third-order valence-corrected chi connectivity index (χ3v) is 7.34. The lowest BCUT2D eigenvalue weighted by atomic mass is 10.0. The Balaban J connectivity index is 1.21. The van der Waals surface area contributed by atoms with Crippen molar-refractivity contribution in [1.29, 1.82) is 0 Å². The SMILES string of the molecule is CN1CCN(CCCNC2=CC=NC(N)(c3cccc(-c4nc5ccccc5s4)c3)N2)CC1. The molecule has 1 saturated heterocycles. The number of nitrogens with zero attached hydrogens (tertiary/aromatic N) is 4. The molecule has 1 atom stereocenters. The Bertz CT molecular complexity index is 1130. The highest BCUT2D eigenvalue weighted by Crippen LogP contribution is 2.32. The van der Waals surface area contributed by atoms with Gasteiger partial charge in [0.05, 0.1) is 10.2 Å². The molecule has 3 aromatic rings. The molecule has 7 nitrogen and oxygen atoms in total. The molecule has 0 amide bonds. The predicted molar refractivity (Wildman–Crippen MR) is 137 cm³/mol. The monoisotopic (exact) mass is 461 g/mol. The summed E-state index contributed by atoms with van der Waals surface area (Å²) in [6.07, 6.45) is 4.81. The molecule has 1 aromatic heterocycles. The molecule has 0 radical (unpaired) electrons.